The average Bonchev–Trinajstić information content (AvgIpc) is 3.20. The van der Waals surface area contributed by atoms with Crippen molar-refractivity contribution in [3.8, 4) is 0 Å². The SMILES string of the molecule is COCCC(=O)NC1CCC(CCN2CCN(c3noc4cc(Cl)c(F)cc34)CC2)CC1. The van der Waals surface area contributed by atoms with Gasteiger partial charge in [-0.2, -0.15) is 0 Å². The molecule has 2 aromatic rings. The number of anilines is 1. The third kappa shape index (κ3) is 5.71. The van der Waals surface area contributed by atoms with E-state index >= 15 is 0 Å². The third-order valence-electron chi connectivity index (χ3n) is 6.76. The smallest absolute Gasteiger partial charge is 0.222 e. The van der Waals surface area contributed by atoms with Gasteiger partial charge in [-0.3, -0.25) is 9.69 Å². The molecule has 1 aromatic heterocycles. The van der Waals surface area contributed by atoms with E-state index in [0.717, 1.165) is 51.5 Å². The molecule has 9 heteroatoms. The van der Waals surface area contributed by atoms with Crippen LogP contribution in [0, 0.1) is 11.7 Å². The van der Waals surface area contributed by atoms with Crippen LogP contribution in [0.25, 0.3) is 11.0 Å². The first-order chi connectivity index (χ1) is 15.5. The summed E-state index contributed by atoms with van der Waals surface area (Å²) in [7, 11) is 1.62. The summed E-state index contributed by atoms with van der Waals surface area (Å²) in [4.78, 5) is 16.5. The Morgan fingerprint density at radius 1 is 1.25 bits per heavy atom. The number of benzene rings is 1. The van der Waals surface area contributed by atoms with Crippen LogP contribution in [0.1, 0.15) is 38.5 Å². The molecule has 7 nitrogen and oxygen atoms in total. The molecular weight excluding hydrogens is 435 g/mol. The molecule has 32 heavy (non-hydrogen) atoms. The highest BCUT2D eigenvalue weighted by atomic mass is 35.5. The van der Waals surface area contributed by atoms with Crippen LogP contribution >= 0.6 is 11.6 Å². The molecule has 0 bridgehead atoms. The molecule has 1 aliphatic carbocycles. The predicted molar refractivity (Wildman–Crippen MR) is 123 cm³/mol. The monoisotopic (exact) mass is 466 g/mol. The topological polar surface area (TPSA) is 70.8 Å². The van der Waals surface area contributed by atoms with Gasteiger partial charge in [-0.25, -0.2) is 4.39 Å². The third-order valence-corrected chi connectivity index (χ3v) is 7.05. The highest BCUT2D eigenvalue weighted by molar-refractivity contribution is 6.31. The Balaban J connectivity index is 1.18. The van der Waals surface area contributed by atoms with Crippen molar-refractivity contribution < 1.29 is 18.4 Å². The van der Waals surface area contributed by atoms with Crippen LogP contribution in [-0.4, -0.2) is 68.4 Å². The lowest BCUT2D eigenvalue weighted by molar-refractivity contribution is -0.122. The van der Waals surface area contributed by atoms with E-state index in [1.807, 2.05) is 0 Å². The fraction of sp³-hybridized carbons (Fsp3) is 0.652. The summed E-state index contributed by atoms with van der Waals surface area (Å²) in [5, 5.41) is 8.02. The van der Waals surface area contributed by atoms with E-state index in [4.69, 9.17) is 20.9 Å². The highest BCUT2D eigenvalue weighted by Gasteiger charge is 2.25. The van der Waals surface area contributed by atoms with Gasteiger partial charge < -0.3 is 19.5 Å². The van der Waals surface area contributed by atoms with Gasteiger partial charge in [0.05, 0.1) is 17.0 Å². The summed E-state index contributed by atoms with van der Waals surface area (Å²) in [5.74, 6) is 1.07. The first-order valence-corrected chi connectivity index (χ1v) is 11.9. The number of methoxy groups -OCH3 is 1. The predicted octanol–water partition coefficient (Wildman–Crippen LogP) is 3.84. The minimum atomic E-state index is -0.452. The fourth-order valence-electron chi connectivity index (χ4n) is 4.79. The molecule has 0 spiro atoms. The van der Waals surface area contributed by atoms with E-state index in [1.165, 1.54) is 31.4 Å². The van der Waals surface area contributed by atoms with Crippen molar-refractivity contribution in [1.82, 2.24) is 15.4 Å². The van der Waals surface area contributed by atoms with Crippen LogP contribution in [0.4, 0.5) is 10.2 Å². The summed E-state index contributed by atoms with van der Waals surface area (Å²) < 4.78 is 24.2. The van der Waals surface area contributed by atoms with Gasteiger partial charge in [-0.15, -0.1) is 0 Å². The number of fused-ring (bicyclic) bond motifs is 1. The van der Waals surface area contributed by atoms with E-state index in [2.05, 4.69) is 20.3 Å². The van der Waals surface area contributed by atoms with Crippen molar-refractivity contribution in [1.29, 1.82) is 0 Å². The van der Waals surface area contributed by atoms with Gasteiger partial charge in [0, 0.05) is 51.8 Å². The maximum atomic E-state index is 13.9. The number of piperazine rings is 1. The molecule has 1 amide bonds. The maximum Gasteiger partial charge on any atom is 0.222 e. The standard InChI is InChI=1S/C23H32ClFN4O3/c1-31-13-7-22(30)26-17-4-2-16(3-5-17)6-8-28-9-11-29(12-10-28)23-18-14-20(25)19(24)15-21(18)32-27-23/h14-17H,2-13H2,1H3,(H,26,30). The second-order valence-electron chi connectivity index (χ2n) is 8.91. The number of amides is 1. The number of carbonyl (C=O) groups is 1. The Morgan fingerprint density at radius 2 is 2.00 bits per heavy atom. The zero-order chi connectivity index (χ0) is 22.5. The number of hydrogen-bond acceptors (Lipinski definition) is 6. The number of nitrogens with one attached hydrogen (secondary N) is 1. The minimum Gasteiger partial charge on any atom is -0.384 e. The first-order valence-electron chi connectivity index (χ1n) is 11.5. The van der Waals surface area contributed by atoms with Crippen molar-refractivity contribution in [2.45, 2.75) is 44.6 Å². The molecular formula is C23H32ClFN4O3. The molecule has 1 saturated carbocycles. The number of rotatable bonds is 8. The van der Waals surface area contributed by atoms with Crippen molar-refractivity contribution in [2.24, 2.45) is 5.92 Å². The summed E-state index contributed by atoms with van der Waals surface area (Å²) in [5.41, 5.74) is 0.513. The van der Waals surface area contributed by atoms with Gasteiger partial charge in [-0.05, 0) is 50.6 Å². The number of nitrogens with zero attached hydrogens (tertiary/aromatic N) is 3. The van der Waals surface area contributed by atoms with Crippen molar-refractivity contribution in [2.75, 3.05) is 51.3 Å². The van der Waals surface area contributed by atoms with E-state index < -0.39 is 5.82 Å². The molecule has 1 saturated heterocycles. The summed E-state index contributed by atoms with van der Waals surface area (Å²) in [6.45, 7) is 5.16. The van der Waals surface area contributed by atoms with Crippen LogP contribution in [-0.2, 0) is 9.53 Å². The average molecular weight is 467 g/mol. The number of carbonyl (C=O) groups excluding carboxylic acids is 1. The minimum absolute atomic E-state index is 0.0486. The molecule has 2 fully saturated rings. The largest absolute Gasteiger partial charge is 0.384 e. The lowest BCUT2D eigenvalue weighted by atomic mass is 9.84. The van der Waals surface area contributed by atoms with Gasteiger partial charge in [0.1, 0.15) is 5.82 Å². The van der Waals surface area contributed by atoms with Crippen LogP contribution in [0.5, 0.6) is 0 Å². The number of ether oxygens (including phenoxy) is 1. The summed E-state index contributed by atoms with van der Waals surface area (Å²) in [6.07, 6.45) is 6.12. The molecule has 1 aromatic carbocycles. The van der Waals surface area contributed by atoms with Gasteiger partial charge in [0.2, 0.25) is 5.91 Å². The first kappa shape index (κ1) is 23.3. The molecule has 2 aliphatic rings. The van der Waals surface area contributed by atoms with Gasteiger partial charge in [0.25, 0.3) is 0 Å². The maximum absolute atomic E-state index is 13.9. The second-order valence-corrected chi connectivity index (χ2v) is 9.32. The van der Waals surface area contributed by atoms with E-state index in [9.17, 15) is 9.18 Å². The van der Waals surface area contributed by atoms with Crippen molar-refractivity contribution in [3.63, 3.8) is 0 Å². The lowest BCUT2D eigenvalue weighted by Crippen LogP contribution is -2.47. The van der Waals surface area contributed by atoms with Gasteiger partial charge in [0.15, 0.2) is 11.4 Å². The molecule has 0 unspecified atom stereocenters. The Bertz CT molecular complexity index is 908. The molecule has 4 rings (SSSR count). The summed E-state index contributed by atoms with van der Waals surface area (Å²) in [6, 6.07) is 3.21. The lowest BCUT2D eigenvalue weighted by Gasteiger charge is -2.36. The molecule has 2 heterocycles. The number of aromatic nitrogens is 1. The normalized spacial score (nSPS) is 22.4. The molecule has 0 radical (unpaired) electrons. The number of halogens is 2. The van der Waals surface area contributed by atoms with Gasteiger partial charge >= 0.3 is 0 Å². The number of hydrogen-bond donors (Lipinski definition) is 1. The Kier molecular flexibility index (Phi) is 7.86. The van der Waals surface area contributed by atoms with Crippen molar-refractivity contribution in [3.05, 3.63) is 23.0 Å². The Morgan fingerprint density at radius 3 is 2.72 bits per heavy atom. The summed E-state index contributed by atoms with van der Waals surface area (Å²) >= 11 is 5.84. The highest BCUT2D eigenvalue weighted by Crippen LogP contribution is 2.31. The molecule has 176 valence electrons. The zero-order valence-electron chi connectivity index (χ0n) is 18.6. The fourth-order valence-corrected chi connectivity index (χ4v) is 4.94. The van der Waals surface area contributed by atoms with Crippen LogP contribution in [0.15, 0.2) is 16.7 Å². The molecule has 1 aliphatic heterocycles. The van der Waals surface area contributed by atoms with Crippen LogP contribution in [0.2, 0.25) is 5.02 Å². The van der Waals surface area contributed by atoms with Crippen LogP contribution < -0.4 is 10.2 Å². The van der Waals surface area contributed by atoms with Crippen LogP contribution in [0.3, 0.4) is 0 Å². The second kappa shape index (κ2) is 10.8. The zero-order valence-corrected chi connectivity index (χ0v) is 19.4. The van der Waals surface area contributed by atoms with Gasteiger partial charge in [-0.1, -0.05) is 16.8 Å². The quantitative estimate of drug-likeness (QED) is 0.637. The molecule has 1 N–H and O–H groups in total. The molecule has 0 atom stereocenters. The van der Waals surface area contributed by atoms with E-state index in [-0.39, 0.29) is 10.9 Å². The Hall–Kier alpha value is -1.90. The van der Waals surface area contributed by atoms with E-state index in [0.29, 0.717) is 35.9 Å². The van der Waals surface area contributed by atoms with E-state index in [1.54, 1.807) is 7.11 Å². The Labute approximate surface area is 193 Å². The van der Waals surface area contributed by atoms with Crippen molar-refractivity contribution >= 4 is 34.3 Å².